The molecule has 0 amide bonds. The van der Waals surface area contributed by atoms with Gasteiger partial charge in [-0.2, -0.15) is 0 Å². The number of rotatable bonds is 15. The van der Waals surface area contributed by atoms with Gasteiger partial charge >= 0.3 is 0 Å². The van der Waals surface area contributed by atoms with E-state index in [1.165, 1.54) is 69.6 Å². The summed E-state index contributed by atoms with van der Waals surface area (Å²) in [6, 6.07) is 0. The molecule has 0 fully saturated rings. The molecule has 3 heteroatoms. The zero-order valence-corrected chi connectivity index (χ0v) is 16.1. The van der Waals surface area contributed by atoms with E-state index < -0.39 is 7.26 Å². The van der Waals surface area contributed by atoms with Crippen LogP contribution in [-0.2, 0) is 0 Å². The summed E-state index contributed by atoms with van der Waals surface area (Å²) in [7, 11) is 1.43. The van der Waals surface area contributed by atoms with Crippen LogP contribution < -0.4 is 0 Å². The second-order valence-corrected chi connectivity index (χ2v) is 11.1. The second kappa shape index (κ2) is 14.0. The maximum atomic E-state index is 9.01. The number of aliphatic hydroxyl groups is 1. The zero-order valence-electron chi connectivity index (χ0n) is 15.2. The Bertz CT molecular complexity index is 201. The first-order valence-corrected chi connectivity index (χ1v) is 11.8. The summed E-state index contributed by atoms with van der Waals surface area (Å²) >= 11 is 0. The topological polar surface area (TPSA) is 23.5 Å². The maximum absolute atomic E-state index is 9.01. The third-order valence-electron chi connectivity index (χ3n) is 4.61. The average molecular weight is 319 g/mol. The molecule has 0 aliphatic heterocycles. The Hall–Kier alpha value is 0.350. The minimum Gasteiger partial charge on any atom is -0.395 e. The molecule has 0 bridgehead atoms. The van der Waals surface area contributed by atoms with Crippen molar-refractivity contribution in [3.8, 4) is 0 Å². The standard InChI is InChI=1S/C18H41NOP/c1-5-8-15-21(16-9-6-2,17-10-7-3)18-11-12-19(4)13-14-20/h20H,5-18H2,1-4H3/q+1. The van der Waals surface area contributed by atoms with Gasteiger partial charge in [-0.15, -0.1) is 0 Å². The quantitative estimate of drug-likeness (QED) is 0.442. The summed E-state index contributed by atoms with van der Waals surface area (Å²) < 4.78 is 0. The van der Waals surface area contributed by atoms with Crippen molar-refractivity contribution in [2.24, 2.45) is 0 Å². The van der Waals surface area contributed by atoms with E-state index in [9.17, 15) is 0 Å². The lowest BCUT2D eigenvalue weighted by molar-refractivity contribution is 0.222. The van der Waals surface area contributed by atoms with Crippen molar-refractivity contribution >= 4 is 7.26 Å². The number of aliphatic hydroxyl groups excluding tert-OH is 1. The summed E-state index contributed by atoms with van der Waals surface area (Å²) in [4.78, 5) is 2.29. The van der Waals surface area contributed by atoms with Crippen molar-refractivity contribution in [1.29, 1.82) is 0 Å². The summed E-state index contributed by atoms with van der Waals surface area (Å²) in [5.74, 6) is 0. The molecule has 0 radical (unpaired) electrons. The van der Waals surface area contributed by atoms with E-state index >= 15 is 0 Å². The molecule has 0 saturated carbocycles. The van der Waals surface area contributed by atoms with E-state index in [1.807, 2.05) is 0 Å². The number of hydrogen-bond donors (Lipinski definition) is 1. The van der Waals surface area contributed by atoms with Crippen LogP contribution in [0.4, 0.5) is 0 Å². The maximum Gasteiger partial charge on any atom is 0.0606 e. The molecular formula is C18H41NOP+. The fraction of sp³-hybridized carbons (Fsp3) is 1.00. The normalized spacial score (nSPS) is 12.3. The molecule has 0 saturated heterocycles. The highest BCUT2D eigenvalue weighted by atomic mass is 31.2. The van der Waals surface area contributed by atoms with Crippen molar-refractivity contribution in [3.63, 3.8) is 0 Å². The average Bonchev–Trinajstić information content (AvgIpc) is 2.48. The Morgan fingerprint density at radius 1 is 0.714 bits per heavy atom. The van der Waals surface area contributed by atoms with Crippen LogP contribution >= 0.6 is 7.26 Å². The molecule has 0 spiro atoms. The highest BCUT2D eigenvalue weighted by Crippen LogP contribution is 2.61. The lowest BCUT2D eigenvalue weighted by Crippen LogP contribution is -2.25. The predicted molar refractivity (Wildman–Crippen MR) is 100 cm³/mol. The van der Waals surface area contributed by atoms with Crippen molar-refractivity contribution in [3.05, 3.63) is 0 Å². The minimum absolute atomic E-state index is 0.290. The molecular weight excluding hydrogens is 277 g/mol. The second-order valence-electron chi connectivity index (χ2n) is 6.68. The van der Waals surface area contributed by atoms with Gasteiger partial charge in [0.1, 0.15) is 0 Å². The van der Waals surface area contributed by atoms with Gasteiger partial charge in [0.05, 0.1) is 31.3 Å². The summed E-state index contributed by atoms with van der Waals surface area (Å²) in [6.45, 7) is 9.28. The monoisotopic (exact) mass is 318 g/mol. The van der Waals surface area contributed by atoms with Crippen molar-refractivity contribution in [1.82, 2.24) is 4.90 Å². The molecule has 0 atom stereocenters. The predicted octanol–water partition coefficient (Wildman–Crippen LogP) is 4.72. The minimum atomic E-state index is -0.710. The van der Waals surface area contributed by atoms with Gasteiger partial charge in [0.25, 0.3) is 0 Å². The Labute approximate surface area is 135 Å². The van der Waals surface area contributed by atoms with Gasteiger partial charge in [0.2, 0.25) is 0 Å². The zero-order chi connectivity index (χ0) is 16.0. The fourth-order valence-corrected chi connectivity index (χ4v) is 8.22. The van der Waals surface area contributed by atoms with Crippen molar-refractivity contribution in [2.45, 2.75) is 65.7 Å². The lowest BCUT2D eigenvalue weighted by Gasteiger charge is -2.29. The number of unbranched alkanes of at least 4 members (excludes halogenated alkanes) is 3. The van der Waals surface area contributed by atoms with Gasteiger partial charge in [0, 0.05) is 20.4 Å². The van der Waals surface area contributed by atoms with Crippen LogP contribution in [0.25, 0.3) is 0 Å². The largest absolute Gasteiger partial charge is 0.395 e. The lowest BCUT2D eigenvalue weighted by atomic mass is 10.4. The molecule has 0 rings (SSSR count). The molecule has 21 heavy (non-hydrogen) atoms. The van der Waals surface area contributed by atoms with E-state index in [2.05, 4.69) is 32.7 Å². The van der Waals surface area contributed by atoms with Crippen LogP contribution in [0.5, 0.6) is 0 Å². The van der Waals surface area contributed by atoms with Gasteiger partial charge < -0.3 is 10.0 Å². The van der Waals surface area contributed by atoms with Crippen LogP contribution in [0, 0.1) is 0 Å². The van der Waals surface area contributed by atoms with Crippen LogP contribution in [0.3, 0.4) is 0 Å². The molecule has 0 aliphatic carbocycles. The smallest absolute Gasteiger partial charge is 0.0606 e. The molecule has 0 aromatic heterocycles. The summed E-state index contributed by atoms with van der Waals surface area (Å²) in [6.07, 6.45) is 15.8. The first kappa shape index (κ1) is 21.4. The van der Waals surface area contributed by atoms with Crippen LogP contribution in [-0.4, -0.2) is 61.4 Å². The molecule has 0 aromatic carbocycles. The number of likely N-dealkylation sites (N-methyl/N-ethyl adjacent to an activating group) is 1. The highest BCUT2D eigenvalue weighted by molar-refractivity contribution is 7.75. The van der Waals surface area contributed by atoms with E-state index in [1.54, 1.807) is 0 Å². The molecule has 1 N–H and O–H groups in total. The van der Waals surface area contributed by atoms with Crippen LogP contribution in [0.15, 0.2) is 0 Å². The first-order valence-electron chi connectivity index (χ1n) is 9.28. The van der Waals surface area contributed by atoms with E-state index in [0.717, 1.165) is 13.1 Å². The van der Waals surface area contributed by atoms with E-state index in [4.69, 9.17) is 5.11 Å². The van der Waals surface area contributed by atoms with Gasteiger partial charge in [-0.1, -0.05) is 40.0 Å². The van der Waals surface area contributed by atoms with Crippen molar-refractivity contribution < 1.29 is 5.11 Å². The summed E-state index contributed by atoms with van der Waals surface area (Å²) in [5.41, 5.74) is 0. The van der Waals surface area contributed by atoms with Crippen LogP contribution in [0.2, 0.25) is 0 Å². The molecule has 0 unspecified atom stereocenters. The Morgan fingerprint density at radius 2 is 1.14 bits per heavy atom. The van der Waals surface area contributed by atoms with E-state index in [-0.39, 0.29) is 6.61 Å². The number of hydrogen-bond acceptors (Lipinski definition) is 2. The molecule has 0 aromatic rings. The van der Waals surface area contributed by atoms with Crippen LogP contribution in [0.1, 0.15) is 65.7 Å². The SMILES string of the molecule is CCCC[P+](CCCC)(CCCC)CCCN(C)CCO. The van der Waals surface area contributed by atoms with Gasteiger partial charge in [-0.25, -0.2) is 0 Å². The Kier molecular flexibility index (Phi) is 14.2. The third kappa shape index (κ3) is 10.7. The highest BCUT2D eigenvalue weighted by Gasteiger charge is 2.34. The van der Waals surface area contributed by atoms with Crippen molar-refractivity contribution in [2.75, 3.05) is 51.4 Å². The molecule has 0 aliphatic rings. The summed E-state index contributed by atoms with van der Waals surface area (Å²) in [5, 5.41) is 9.01. The van der Waals surface area contributed by atoms with Gasteiger partial charge in [0.15, 0.2) is 0 Å². The Morgan fingerprint density at radius 3 is 1.52 bits per heavy atom. The molecule has 128 valence electrons. The third-order valence-corrected chi connectivity index (χ3v) is 9.67. The van der Waals surface area contributed by atoms with Gasteiger partial charge in [-0.3, -0.25) is 0 Å². The fourth-order valence-electron chi connectivity index (χ4n) is 3.11. The van der Waals surface area contributed by atoms with E-state index in [0.29, 0.717) is 0 Å². The van der Waals surface area contributed by atoms with Gasteiger partial charge in [-0.05, 0) is 32.7 Å². The molecule has 0 heterocycles. The number of nitrogens with zero attached hydrogens (tertiary/aromatic N) is 1. The first-order chi connectivity index (χ1) is 10.1. The Balaban J connectivity index is 4.47. The molecule has 2 nitrogen and oxygen atoms in total.